The highest BCUT2D eigenvalue weighted by Crippen LogP contribution is 1.95. The average Bonchev–Trinajstić information content (AvgIpc) is 1.62. The van der Waals surface area contributed by atoms with Crippen molar-refractivity contribution in [3.05, 3.63) is 0 Å². The second kappa shape index (κ2) is 3.07. The summed E-state index contributed by atoms with van der Waals surface area (Å²) in [6.07, 6.45) is -1.74. The lowest BCUT2D eigenvalue weighted by Crippen LogP contribution is -2.19. The van der Waals surface area contributed by atoms with E-state index in [2.05, 4.69) is 0 Å². The fraction of sp³-hybridized carbons (Fsp3) is 1.00. The van der Waals surface area contributed by atoms with Crippen LogP contribution in [-0.2, 0) is 10.2 Å². The number of hydrogen-bond acceptors (Lipinski definition) is 3. The van der Waals surface area contributed by atoms with Crippen molar-refractivity contribution in [2.75, 3.05) is 12.4 Å². The van der Waals surface area contributed by atoms with E-state index in [1.807, 2.05) is 0 Å². The van der Waals surface area contributed by atoms with Crippen molar-refractivity contribution >= 4 is 10.2 Å². The van der Waals surface area contributed by atoms with Gasteiger partial charge in [0.15, 0.2) is 0 Å². The standard InChI is InChI=1S/C3H6F2O3S/c4-1-3(6)2-9(5,7)8/h3,6H,1-2H2. The molecule has 0 aliphatic rings. The van der Waals surface area contributed by atoms with Gasteiger partial charge in [0, 0.05) is 0 Å². The molecule has 0 aliphatic heterocycles. The van der Waals surface area contributed by atoms with Gasteiger partial charge in [-0.05, 0) is 0 Å². The van der Waals surface area contributed by atoms with E-state index < -0.39 is 28.8 Å². The Morgan fingerprint density at radius 1 is 1.56 bits per heavy atom. The average molecular weight is 160 g/mol. The Bertz CT molecular complexity index is 164. The fourth-order valence-corrected chi connectivity index (χ4v) is 0.823. The summed E-state index contributed by atoms with van der Waals surface area (Å²) in [6.45, 7) is -1.25. The third kappa shape index (κ3) is 5.64. The van der Waals surface area contributed by atoms with E-state index in [1.54, 1.807) is 0 Å². The van der Waals surface area contributed by atoms with E-state index in [9.17, 15) is 16.7 Å². The molecule has 1 atom stereocenters. The summed E-state index contributed by atoms with van der Waals surface area (Å²) in [5.41, 5.74) is 0. The van der Waals surface area contributed by atoms with E-state index in [0.717, 1.165) is 0 Å². The minimum Gasteiger partial charge on any atom is -0.389 e. The largest absolute Gasteiger partial charge is 0.389 e. The first-order valence-electron chi connectivity index (χ1n) is 2.12. The second-order valence-electron chi connectivity index (χ2n) is 1.51. The van der Waals surface area contributed by atoms with Crippen LogP contribution in [0.3, 0.4) is 0 Å². The normalized spacial score (nSPS) is 15.4. The smallest absolute Gasteiger partial charge is 0.305 e. The molecule has 0 aliphatic carbocycles. The molecule has 0 saturated heterocycles. The first-order valence-corrected chi connectivity index (χ1v) is 3.67. The number of aliphatic hydroxyl groups is 1. The molecule has 0 spiro atoms. The Balaban J connectivity index is 3.75. The summed E-state index contributed by atoms with van der Waals surface area (Å²) < 4.78 is 41.9. The van der Waals surface area contributed by atoms with E-state index in [1.165, 1.54) is 0 Å². The Kier molecular flexibility index (Phi) is 2.99. The molecule has 0 rings (SSSR count). The van der Waals surface area contributed by atoms with E-state index in [0.29, 0.717) is 0 Å². The molecule has 9 heavy (non-hydrogen) atoms. The highest BCUT2D eigenvalue weighted by Gasteiger charge is 2.14. The third-order valence-electron chi connectivity index (χ3n) is 0.570. The third-order valence-corrected chi connectivity index (χ3v) is 1.35. The van der Waals surface area contributed by atoms with Gasteiger partial charge in [-0.15, -0.1) is 3.89 Å². The first kappa shape index (κ1) is 8.77. The Morgan fingerprint density at radius 3 is 2.11 bits per heavy atom. The van der Waals surface area contributed by atoms with Crippen molar-refractivity contribution in [1.29, 1.82) is 0 Å². The molecule has 3 nitrogen and oxygen atoms in total. The number of alkyl halides is 1. The summed E-state index contributed by atoms with van der Waals surface area (Å²) >= 11 is 0. The van der Waals surface area contributed by atoms with Gasteiger partial charge in [0.05, 0.1) is 6.10 Å². The zero-order valence-corrected chi connectivity index (χ0v) is 5.24. The van der Waals surface area contributed by atoms with E-state index in [4.69, 9.17) is 5.11 Å². The predicted octanol–water partition coefficient (Wildman–Crippen LogP) is -0.384. The van der Waals surface area contributed by atoms with Crippen molar-refractivity contribution in [3.8, 4) is 0 Å². The molecule has 0 bridgehead atoms. The maximum absolute atomic E-state index is 11.5. The van der Waals surface area contributed by atoms with Gasteiger partial charge in [-0.2, -0.15) is 8.42 Å². The summed E-state index contributed by atoms with van der Waals surface area (Å²) in [4.78, 5) is 0. The fourth-order valence-electron chi connectivity index (χ4n) is 0.274. The van der Waals surface area contributed by atoms with Crippen molar-refractivity contribution in [2.45, 2.75) is 6.10 Å². The van der Waals surface area contributed by atoms with Crippen LogP contribution in [0.1, 0.15) is 0 Å². The van der Waals surface area contributed by atoms with Crippen LogP contribution in [0, 0.1) is 0 Å². The molecule has 1 N–H and O–H groups in total. The lowest BCUT2D eigenvalue weighted by atomic mass is 10.5. The molecule has 1 unspecified atom stereocenters. The van der Waals surface area contributed by atoms with Crippen LogP contribution in [0.5, 0.6) is 0 Å². The molecule has 56 valence electrons. The summed E-state index contributed by atoms with van der Waals surface area (Å²) in [7, 11) is -4.73. The Labute approximate surface area is 51.5 Å². The number of hydrogen-bond donors (Lipinski definition) is 1. The second-order valence-corrected chi connectivity index (χ2v) is 2.92. The number of aliphatic hydroxyl groups excluding tert-OH is 1. The summed E-state index contributed by atoms with van der Waals surface area (Å²) in [5.74, 6) is -1.16. The molecule has 0 radical (unpaired) electrons. The molecule has 0 aromatic heterocycles. The van der Waals surface area contributed by atoms with Crippen LogP contribution in [-0.4, -0.2) is 32.1 Å². The minimum atomic E-state index is -4.73. The maximum Gasteiger partial charge on any atom is 0.305 e. The van der Waals surface area contributed by atoms with E-state index >= 15 is 0 Å². The van der Waals surface area contributed by atoms with Crippen LogP contribution < -0.4 is 0 Å². The Morgan fingerprint density at radius 2 is 2.00 bits per heavy atom. The van der Waals surface area contributed by atoms with Crippen molar-refractivity contribution in [2.24, 2.45) is 0 Å². The summed E-state index contributed by atoms with van der Waals surface area (Å²) in [5, 5.41) is 8.20. The molecule has 0 aromatic rings. The zero-order valence-electron chi connectivity index (χ0n) is 4.42. The number of rotatable bonds is 3. The molecule has 6 heteroatoms. The zero-order chi connectivity index (χ0) is 7.49. The first-order chi connectivity index (χ1) is 3.95. The topological polar surface area (TPSA) is 54.4 Å². The minimum absolute atomic E-state index is 1.16. The Hall–Kier alpha value is -0.230. The van der Waals surface area contributed by atoms with Crippen molar-refractivity contribution in [3.63, 3.8) is 0 Å². The van der Waals surface area contributed by atoms with Crippen molar-refractivity contribution in [1.82, 2.24) is 0 Å². The molecule has 0 amide bonds. The highest BCUT2D eigenvalue weighted by molar-refractivity contribution is 7.86. The van der Waals surface area contributed by atoms with E-state index in [-0.39, 0.29) is 0 Å². The predicted molar refractivity (Wildman–Crippen MR) is 26.9 cm³/mol. The number of halogens is 2. The highest BCUT2D eigenvalue weighted by atomic mass is 32.3. The SMILES string of the molecule is O=S(=O)(F)CC(O)CF. The van der Waals surface area contributed by atoms with Gasteiger partial charge in [0.1, 0.15) is 12.4 Å². The lowest BCUT2D eigenvalue weighted by Gasteiger charge is -1.98. The van der Waals surface area contributed by atoms with Crippen LogP contribution in [0.25, 0.3) is 0 Å². The maximum atomic E-state index is 11.5. The molecular formula is C3H6F2O3S. The van der Waals surface area contributed by atoms with Gasteiger partial charge in [0.2, 0.25) is 0 Å². The van der Waals surface area contributed by atoms with Crippen LogP contribution in [0.4, 0.5) is 8.28 Å². The van der Waals surface area contributed by atoms with Crippen molar-refractivity contribution < 1.29 is 21.8 Å². The molecule has 0 aromatic carbocycles. The summed E-state index contributed by atoms with van der Waals surface area (Å²) in [6, 6.07) is 0. The quantitative estimate of drug-likeness (QED) is 0.572. The molecule has 0 saturated carbocycles. The van der Waals surface area contributed by atoms with Gasteiger partial charge < -0.3 is 5.11 Å². The van der Waals surface area contributed by atoms with Gasteiger partial charge in [-0.25, -0.2) is 4.39 Å². The van der Waals surface area contributed by atoms with Crippen LogP contribution in [0.2, 0.25) is 0 Å². The molecular weight excluding hydrogens is 154 g/mol. The van der Waals surface area contributed by atoms with Gasteiger partial charge in [0.25, 0.3) is 0 Å². The lowest BCUT2D eigenvalue weighted by molar-refractivity contribution is 0.159. The van der Waals surface area contributed by atoms with Crippen LogP contribution >= 0.6 is 0 Å². The monoisotopic (exact) mass is 160 g/mol. The van der Waals surface area contributed by atoms with Crippen LogP contribution in [0.15, 0.2) is 0 Å². The van der Waals surface area contributed by atoms with Gasteiger partial charge in [-0.3, -0.25) is 0 Å². The molecule has 0 heterocycles. The van der Waals surface area contributed by atoms with Gasteiger partial charge in [-0.1, -0.05) is 0 Å². The van der Waals surface area contributed by atoms with Gasteiger partial charge >= 0.3 is 10.2 Å². The molecule has 0 fully saturated rings.